The Hall–Kier alpha value is -1.58. The predicted molar refractivity (Wildman–Crippen MR) is 77.9 cm³/mol. The molecule has 2 aromatic rings. The summed E-state index contributed by atoms with van der Waals surface area (Å²) in [5.41, 5.74) is 2.95. The van der Waals surface area contributed by atoms with Crippen LogP contribution < -0.4 is 5.32 Å². The van der Waals surface area contributed by atoms with E-state index in [2.05, 4.69) is 10.3 Å². The van der Waals surface area contributed by atoms with Gasteiger partial charge in [-0.15, -0.1) is 11.6 Å². The molecule has 0 aliphatic heterocycles. The van der Waals surface area contributed by atoms with Crippen molar-refractivity contribution in [3.8, 4) is 0 Å². The van der Waals surface area contributed by atoms with Gasteiger partial charge < -0.3 is 5.32 Å². The van der Waals surface area contributed by atoms with Crippen molar-refractivity contribution in [2.24, 2.45) is 0 Å². The third-order valence-electron chi connectivity index (χ3n) is 2.59. The number of carbonyl (C=O) groups excluding carboxylic acids is 1. The standard InChI is InChI=1S/C14H12Cl2N2O/c1-9-6-12(13(16)17-8-9)18-14(19)11-4-2-10(7-15)3-5-11/h2-6,8H,7H2,1H3,(H,18,19). The van der Waals surface area contributed by atoms with Gasteiger partial charge >= 0.3 is 0 Å². The van der Waals surface area contributed by atoms with E-state index < -0.39 is 0 Å². The van der Waals surface area contributed by atoms with Crippen molar-refractivity contribution in [1.82, 2.24) is 4.98 Å². The zero-order chi connectivity index (χ0) is 13.8. The molecule has 1 aromatic heterocycles. The number of pyridine rings is 1. The van der Waals surface area contributed by atoms with E-state index in [1.54, 1.807) is 24.4 Å². The SMILES string of the molecule is Cc1cnc(Cl)c(NC(=O)c2ccc(CCl)cc2)c1. The van der Waals surface area contributed by atoms with Crippen LogP contribution in [0.2, 0.25) is 5.15 Å². The average molecular weight is 295 g/mol. The van der Waals surface area contributed by atoms with Crippen LogP contribution in [0.3, 0.4) is 0 Å². The first-order chi connectivity index (χ1) is 9.10. The largest absolute Gasteiger partial charge is 0.319 e. The molecule has 1 N–H and O–H groups in total. The average Bonchev–Trinajstić information content (AvgIpc) is 2.43. The smallest absolute Gasteiger partial charge is 0.255 e. The lowest BCUT2D eigenvalue weighted by atomic mass is 10.1. The number of hydrogen-bond acceptors (Lipinski definition) is 2. The maximum atomic E-state index is 12.0. The fourth-order valence-electron chi connectivity index (χ4n) is 1.58. The van der Waals surface area contributed by atoms with Gasteiger partial charge in [0.15, 0.2) is 5.15 Å². The van der Waals surface area contributed by atoms with Gasteiger partial charge in [0.05, 0.1) is 5.69 Å². The fourth-order valence-corrected chi connectivity index (χ4v) is 1.91. The third kappa shape index (κ3) is 3.46. The minimum atomic E-state index is -0.226. The van der Waals surface area contributed by atoms with Crippen LogP contribution in [0.5, 0.6) is 0 Å². The van der Waals surface area contributed by atoms with Gasteiger partial charge in [-0.25, -0.2) is 4.98 Å². The second-order valence-corrected chi connectivity index (χ2v) is 4.76. The van der Waals surface area contributed by atoms with Crippen LogP contribution in [0.1, 0.15) is 21.5 Å². The van der Waals surface area contributed by atoms with Crippen LogP contribution in [0.4, 0.5) is 5.69 Å². The molecule has 0 bridgehead atoms. The molecule has 0 saturated heterocycles. The molecule has 0 unspecified atom stereocenters. The molecule has 0 aliphatic carbocycles. The molecule has 3 nitrogen and oxygen atoms in total. The van der Waals surface area contributed by atoms with Crippen molar-refractivity contribution < 1.29 is 4.79 Å². The summed E-state index contributed by atoms with van der Waals surface area (Å²) < 4.78 is 0. The molecule has 5 heteroatoms. The minimum Gasteiger partial charge on any atom is -0.319 e. The summed E-state index contributed by atoms with van der Waals surface area (Å²) in [6.07, 6.45) is 1.65. The Balaban J connectivity index is 2.18. The summed E-state index contributed by atoms with van der Waals surface area (Å²) >= 11 is 11.6. The first-order valence-corrected chi connectivity index (χ1v) is 6.60. The molecular formula is C14H12Cl2N2O. The normalized spacial score (nSPS) is 10.3. The Labute approximate surface area is 121 Å². The topological polar surface area (TPSA) is 42.0 Å². The lowest BCUT2D eigenvalue weighted by molar-refractivity contribution is 0.102. The maximum absolute atomic E-state index is 12.0. The third-order valence-corrected chi connectivity index (χ3v) is 3.20. The Bertz CT molecular complexity index is 597. The van der Waals surface area contributed by atoms with E-state index in [9.17, 15) is 4.79 Å². The summed E-state index contributed by atoms with van der Waals surface area (Å²) in [7, 11) is 0. The molecule has 0 fully saturated rings. The highest BCUT2D eigenvalue weighted by atomic mass is 35.5. The number of alkyl halides is 1. The Morgan fingerprint density at radius 3 is 2.63 bits per heavy atom. The zero-order valence-electron chi connectivity index (χ0n) is 10.3. The quantitative estimate of drug-likeness (QED) is 0.686. The Morgan fingerprint density at radius 1 is 1.32 bits per heavy atom. The van der Waals surface area contributed by atoms with Crippen LogP contribution in [0.15, 0.2) is 36.5 Å². The van der Waals surface area contributed by atoms with Crippen LogP contribution in [0.25, 0.3) is 0 Å². The van der Waals surface area contributed by atoms with E-state index in [1.165, 1.54) is 0 Å². The lowest BCUT2D eigenvalue weighted by Gasteiger charge is -2.07. The number of benzene rings is 1. The van der Waals surface area contributed by atoms with Gasteiger partial charge in [-0.05, 0) is 36.2 Å². The first-order valence-electron chi connectivity index (χ1n) is 5.68. The molecule has 0 aliphatic rings. The number of nitrogens with one attached hydrogen (secondary N) is 1. The van der Waals surface area contributed by atoms with Gasteiger partial charge in [0, 0.05) is 17.6 Å². The number of rotatable bonds is 3. The summed E-state index contributed by atoms with van der Waals surface area (Å²) in [5, 5.41) is 3.01. The molecule has 1 heterocycles. The Kier molecular flexibility index (Phi) is 4.40. The molecule has 98 valence electrons. The lowest BCUT2D eigenvalue weighted by Crippen LogP contribution is -2.12. The molecule has 0 radical (unpaired) electrons. The molecule has 19 heavy (non-hydrogen) atoms. The number of anilines is 1. The highest BCUT2D eigenvalue weighted by Crippen LogP contribution is 2.20. The molecule has 0 saturated carbocycles. The number of carbonyl (C=O) groups is 1. The highest BCUT2D eigenvalue weighted by Gasteiger charge is 2.09. The maximum Gasteiger partial charge on any atom is 0.255 e. The molecular weight excluding hydrogens is 283 g/mol. The summed E-state index contributed by atoms with van der Waals surface area (Å²) in [4.78, 5) is 16.0. The van der Waals surface area contributed by atoms with Gasteiger partial charge in [-0.1, -0.05) is 23.7 Å². The van der Waals surface area contributed by atoms with Crippen LogP contribution in [-0.4, -0.2) is 10.9 Å². The van der Waals surface area contributed by atoms with Crippen molar-refractivity contribution in [2.45, 2.75) is 12.8 Å². The van der Waals surface area contributed by atoms with E-state index >= 15 is 0 Å². The minimum absolute atomic E-state index is 0.226. The molecule has 0 spiro atoms. The summed E-state index contributed by atoms with van der Waals surface area (Å²) in [6, 6.07) is 8.87. The van der Waals surface area contributed by atoms with Crippen molar-refractivity contribution in [3.05, 3.63) is 58.4 Å². The molecule has 2 rings (SSSR count). The summed E-state index contributed by atoms with van der Waals surface area (Å²) in [5.74, 6) is 0.200. The van der Waals surface area contributed by atoms with E-state index in [1.807, 2.05) is 19.1 Å². The van der Waals surface area contributed by atoms with E-state index in [-0.39, 0.29) is 11.1 Å². The van der Waals surface area contributed by atoms with E-state index in [0.717, 1.165) is 11.1 Å². The molecule has 1 aromatic carbocycles. The van der Waals surface area contributed by atoms with Gasteiger partial charge in [0.1, 0.15) is 0 Å². The van der Waals surface area contributed by atoms with Gasteiger partial charge in [-0.3, -0.25) is 4.79 Å². The highest BCUT2D eigenvalue weighted by molar-refractivity contribution is 6.32. The van der Waals surface area contributed by atoms with Crippen molar-refractivity contribution >= 4 is 34.8 Å². The molecule has 1 amide bonds. The number of nitrogens with zero attached hydrogens (tertiary/aromatic N) is 1. The van der Waals surface area contributed by atoms with Crippen LogP contribution >= 0.6 is 23.2 Å². The Morgan fingerprint density at radius 2 is 2.00 bits per heavy atom. The van der Waals surface area contributed by atoms with Crippen LogP contribution in [-0.2, 0) is 5.88 Å². The van der Waals surface area contributed by atoms with Crippen molar-refractivity contribution in [1.29, 1.82) is 0 Å². The first kappa shape index (κ1) is 13.8. The number of hydrogen-bond donors (Lipinski definition) is 1. The van der Waals surface area contributed by atoms with E-state index in [0.29, 0.717) is 17.1 Å². The fraction of sp³-hybridized carbons (Fsp3) is 0.143. The van der Waals surface area contributed by atoms with Crippen LogP contribution in [0, 0.1) is 6.92 Å². The number of halogens is 2. The van der Waals surface area contributed by atoms with Gasteiger partial charge in [-0.2, -0.15) is 0 Å². The second kappa shape index (κ2) is 6.04. The van der Waals surface area contributed by atoms with Crippen molar-refractivity contribution in [3.63, 3.8) is 0 Å². The number of aromatic nitrogens is 1. The molecule has 0 atom stereocenters. The predicted octanol–water partition coefficient (Wildman–Crippen LogP) is 4.03. The van der Waals surface area contributed by atoms with Gasteiger partial charge in [0.2, 0.25) is 0 Å². The number of amides is 1. The monoisotopic (exact) mass is 294 g/mol. The number of aryl methyl sites for hydroxylation is 1. The van der Waals surface area contributed by atoms with Crippen molar-refractivity contribution in [2.75, 3.05) is 5.32 Å². The zero-order valence-corrected chi connectivity index (χ0v) is 11.8. The van der Waals surface area contributed by atoms with Gasteiger partial charge in [0.25, 0.3) is 5.91 Å². The summed E-state index contributed by atoms with van der Waals surface area (Å²) in [6.45, 7) is 1.88. The second-order valence-electron chi connectivity index (χ2n) is 4.14. The van der Waals surface area contributed by atoms with E-state index in [4.69, 9.17) is 23.2 Å².